The molecule has 1 saturated heterocycles. The van der Waals surface area contributed by atoms with Gasteiger partial charge in [-0.1, -0.05) is 12.1 Å². The molecule has 1 aromatic carbocycles. The molecule has 0 spiro atoms. The van der Waals surface area contributed by atoms with E-state index >= 15 is 0 Å². The van der Waals surface area contributed by atoms with Crippen molar-refractivity contribution in [2.24, 2.45) is 0 Å². The molecule has 0 radical (unpaired) electrons. The second-order valence-corrected chi connectivity index (χ2v) is 6.14. The Bertz CT molecular complexity index is 854. The van der Waals surface area contributed by atoms with Crippen LogP contribution in [0.1, 0.15) is 19.3 Å². The minimum absolute atomic E-state index is 0.786. The lowest BCUT2D eigenvalue weighted by molar-refractivity contribution is 0.411. The normalized spacial score (nSPS) is 14.5. The van der Waals surface area contributed by atoms with E-state index < -0.39 is 0 Å². The molecule has 2 aromatic heterocycles. The van der Waals surface area contributed by atoms with Crippen molar-refractivity contribution >= 4 is 5.95 Å². The molecule has 0 aliphatic carbocycles. The predicted octanol–water partition coefficient (Wildman–Crippen LogP) is 3.33. The summed E-state index contributed by atoms with van der Waals surface area (Å²) in [7, 11) is 1.67. The van der Waals surface area contributed by atoms with Gasteiger partial charge in [-0.3, -0.25) is 0 Å². The van der Waals surface area contributed by atoms with Crippen LogP contribution in [-0.2, 0) is 0 Å². The van der Waals surface area contributed by atoms with Gasteiger partial charge in [0.2, 0.25) is 5.95 Å². The number of ether oxygens (including phenoxy) is 1. The van der Waals surface area contributed by atoms with Gasteiger partial charge in [0.1, 0.15) is 11.4 Å². The van der Waals surface area contributed by atoms with Crippen LogP contribution in [0.5, 0.6) is 5.75 Å². The molecule has 25 heavy (non-hydrogen) atoms. The molecule has 0 bridgehead atoms. The van der Waals surface area contributed by atoms with E-state index in [9.17, 15) is 0 Å². The van der Waals surface area contributed by atoms with E-state index in [4.69, 9.17) is 9.72 Å². The quantitative estimate of drug-likeness (QED) is 0.732. The molecule has 128 valence electrons. The third kappa shape index (κ3) is 3.20. The molecule has 1 aliphatic heterocycles. The molecule has 0 atom stereocenters. The van der Waals surface area contributed by atoms with Crippen LogP contribution in [0.2, 0.25) is 0 Å². The molecule has 0 N–H and O–H groups in total. The Morgan fingerprint density at radius 3 is 2.72 bits per heavy atom. The smallest absolute Gasteiger partial charge is 0.225 e. The Morgan fingerprint density at radius 1 is 1.04 bits per heavy atom. The van der Waals surface area contributed by atoms with Gasteiger partial charge in [-0.15, -0.1) is 0 Å². The molecule has 3 heterocycles. The van der Waals surface area contributed by atoms with Crippen LogP contribution in [0.4, 0.5) is 5.95 Å². The summed E-state index contributed by atoms with van der Waals surface area (Å²) in [6, 6.07) is 9.75. The topological polar surface area (TPSA) is 56.1 Å². The zero-order valence-corrected chi connectivity index (χ0v) is 14.3. The van der Waals surface area contributed by atoms with Crippen molar-refractivity contribution in [2.75, 3.05) is 25.1 Å². The average molecular weight is 335 g/mol. The Hall–Kier alpha value is -2.89. The molecule has 3 aromatic rings. The van der Waals surface area contributed by atoms with Gasteiger partial charge in [0.25, 0.3) is 0 Å². The van der Waals surface area contributed by atoms with Crippen molar-refractivity contribution in [3.63, 3.8) is 0 Å². The Morgan fingerprint density at radius 2 is 1.88 bits per heavy atom. The Kier molecular flexibility index (Phi) is 4.33. The van der Waals surface area contributed by atoms with E-state index in [-0.39, 0.29) is 0 Å². The van der Waals surface area contributed by atoms with Crippen LogP contribution < -0.4 is 9.64 Å². The number of methoxy groups -OCH3 is 1. The fourth-order valence-electron chi connectivity index (χ4n) is 3.16. The summed E-state index contributed by atoms with van der Waals surface area (Å²) < 4.78 is 7.24. The summed E-state index contributed by atoms with van der Waals surface area (Å²) in [4.78, 5) is 11.5. The molecule has 6 nitrogen and oxygen atoms in total. The summed E-state index contributed by atoms with van der Waals surface area (Å²) in [6.45, 7) is 2.06. The van der Waals surface area contributed by atoms with Gasteiger partial charge < -0.3 is 9.64 Å². The lowest BCUT2D eigenvalue weighted by atomic mass is 10.1. The Balaban J connectivity index is 1.64. The third-order valence-corrected chi connectivity index (χ3v) is 4.49. The van der Waals surface area contributed by atoms with Crippen molar-refractivity contribution in [3.05, 3.63) is 48.9 Å². The third-order valence-electron chi connectivity index (χ3n) is 4.49. The Labute approximate surface area is 147 Å². The predicted molar refractivity (Wildman–Crippen MR) is 97.2 cm³/mol. The summed E-state index contributed by atoms with van der Waals surface area (Å²) in [5, 5.41) is 4.48. The number of piperidine rings is 1. The first-order valence-corrected chi connectivity index (χ1v) is 8.61. The number of nitrogens with zero attached hydrogens (tertiary/aromatic N) is 5. The van der Waals surface area contributed by atoms with Crippen LogP contribution in [0.25, 0.3) is 16.9 Å². The van der Waals surface area contributed by atoms with Gasteiger partial charge in [0, 0.05) is 31.0 Å². The van der Waals surface area contributed by atoms with Gasteiger partial charge in [0.05, 0.1) is 19.0 Å². The lowest BCUT2D eigenvalue weighted by Gasteiger charge is -2.26. The molecule has 1 fully saturated rings. The van der Waals surface area contributed by atoms with Crippen LogP contribution in [0.15, 0.2) is 48.9 Å². The minimum atomic E-state index is 0.786. The molecular weight excluding hydrogens is 314 g/mol. The number of para-hydroxylation sites is 2. The van der Waals surface area contributed by atoms with Gasteiger partial charge in [-0.05, 0) is 37.5 Å². The first-order valence-electron chi connectivity index (χ1n) is 8.61. The molecular formula is C19H21N5O. The summed E-state index contributed by atoms with van der Waals surface area (Å²) in [5.74, 6) is 1.59. The molecule has 6 heteroatoms. The zero-order chi connectivity index (χ0) is 17.1. The largest absolute Gasteiger partial charge is 0.494 e. The van der Waals surface area contributed by atoms with Gasteiger partial charge in [-0.25, -0.2) is 14.6 Å². The maximum atomic E-state index is 5.42. The molecule has 0 amide bonds. The van der Waals surface area contributed by atoms with Crippen LogP contribution in [-0.4, -0.2) is 39.9 Å². The summed E-state index contributed by atoms with van der Waals surface area (Å²) in [5.41, 5.74) is 2.75. The lowest BCUT2D eigenvalue weighted by Crippen LogP contribution is -2.30. The number of hydrogen-bond donors (Lipinski definition) is 0. The van der Waals surface area contributed by atoms with Crippen molar-refractivity contribution in [1.29, 1.82) is 0 Å². The standard InChI is InChI=1S/C19H21N5O/c1-25-18-8-4-3-7-17(18)24-14-15(13-21-24)16-9-10-20-19(22-16)23-11-5-2-6-12-23/h3-4,7-10,13-14H,2,5-6,11-12H2,1H3. The SMILES string of the molecule is COc1ccccc1-n1cc(-c2ccnc(N3CCCCC3)n2)cn1. The maximum Gasteiger partial charge on any atom is 0.225 e. The fourth-order valence-corrected chi connectivity index (χ4v) is 3.16. The number of aromatic nitrogens is 4. The maximum absolute atomic E-state index is 5.42. The number of anilines is 1. The van der Waals surface area contributed by atoms with E-state index in [0.717, 1.165) is 41.7 Å². The van der Waals surface area contributed by atoms with E-state index in [0.29, 0.717) is 0 Å². The van der Waals surface area contributed by atoms with Crippen molar-refractivity contribution in [2.45, 2.75) is 19.3 Å². The highest BCUT2D eigenvalue weighted by Crippen LogP contribution is 2.25. The fraction of sp³-hybridized carbons (Fsp3) is 0.316. The van der Waals surface area contributed by atoms with Crippen molar-refractivity contribution in [1.82, 2.24) is 19.7 Å². The van der Waals surface area contributed by atoms with Gasteiger partial charge in [-0.2, -0.15) is 5.10 Å². The monoisotopic (exact) mass is 335 g/mol. The molecule has 0 saturated carbocycles. The first-order chi connectivity index (χ1) is 12.3. The second kappa shape index (κ2) is 6.93. The van der Waals surface area contributed by atoms with Crippen LogP contribution in [0.3, 0.4) is 0 Å². The highest BCUT2D eigenvalue weighted by molar-refractivity contribution is 5.60. The van der Waals surface area contributed by atoms with Crippen LogP contribution >= 0.6 is 0 Å². The van der Waals surface area contributed by atoms with E-state index in [1.165, 1.54) is 19.3 Å². The zero-order valence-electron chi connectivity index (χ0n) is 14.3. The molecule has 4 rings (SSSR count). The van der Waals surface area contributed by atoms with Gasteiger partial charge >= 0.3 is 0 Å². The molecule has 1 aliphatic rings. The highest BCUT2D eigenvalue weighted by Gasteiger charge is 2.15. The van der Waals surface area contributed by atoms with Crippen molar-refractivity contribution < 1.29 is 4.74 Å². The minimum Gasteiger partial charge on any atom is -0.494 e. The van der Waals surface area contributed by atoms with E-state index in [1.54, 1.807) is 7.11 Å². The number of hydrogen-bond acceptors (Lipinski definition) is 5. The second-order valence-electron chi connectivity index (χ2n) is 6.14. The first kappa shape index (κ1) is 15.6. The van der Waals surface area contributed by atoms with E-state index in [2.05, 4.69) is 15.0 Å². The van der Waals surface area contributed by atoms with Crippen molar-refractivity contribution in [3.8, 4) is 22.7 Å². The average Bonchev–Trinajstić information content (AvgIpc) is 3.19. The number of rotatable bonds is 4. The van der Waals surface area contributed by atoms with Gasteiger partial charge in [0.15, 0.2) is 0 Å². The van der Waals surface area contributed by atoms with Crippen LogP contribution in [0, 0.1) is 0 Å². The summed E-state index contributed by atoms with van der Waals surface area (Å²) in [6.07, 6.45) is 9.34. The van der Waals surface area contributed by atoms with E-state index in [1.807, 2.05) is 53.6 Å². The molecule has 0 unspecified atom stereocenters. The highest BCUT2D eigenvalue weighted by atomic mass is 16.5. The number of benzene rings is 1. The summed E-state index contributed by atoms with van der Waals surface area (Å²) >= 11 is 0.